The maximum Gasteiger partial charge on any atom is 0.157 e. The van der Waals surface area contributed by atoms with Gasteiger partial charge in [0.25, 0.3) is 0 Å². The van der Waals surface area contributed by atoms with E-state index in [-0.39, 0.29) is 5.82 Å². The normalized spacial score (nSPS) is 14.0. The summed E-state index contributed by atoms with van der Waals surface area (Å²) >= 11 is 6.85. The molecule has 0 atom stereocenters. The van der Waals surface area contributed by atoms with E-state index in [0.717, 1.165) is 40.4 Å². The van der Waals surface area contributed by atoms with Crippen LogP contribution in [0.25, 0.3) is 17.1 Å². The van der Waals surface area contributed by atoms with E-state index < -0.39 is 5.60 Å². The molecule has 1 aliphatic carbocycles. The Hall–Kier alpha value is -3.10. The summed E-state index contributed by atoms with van der Waals surface area (Å²) in [6.07, 6.45) is 4.28. The van der Waals surface area contributed by atoms with Crippen molar-refractivity contribution in [1.82, 2.24) is 29.5 Å². The van der Waals surface area contributed by atoms with Crippen LogP contribution in [0.1, 0.15) is 55.0 Å². The number of rotatable bonds is 7. The Labute approximate surface area is 208 Å². The molecule has 0 spiro atoms. The molecular formula is C26H28ClFN6O. The highest BCUT2D eigenvalue weighted by molar-refractivity contribution is 6.33. The molecule has 1 aromatic carbocycles. The third kappa shape index (κ3) is 4.73. The SMILES string of the molecule is Cc1nn(-c2cc(Cc3nn(CC4CC4)c(-c4ccc(F)cc4)c3Cl)ncn2)c(C)c1C(C)(C)O. The van der Waals surface area contributed by atoms with E-state index in [0.29, 0.717) is 28.9 Å². The number of aromatic nitrogens is 6. The zero-order valence-electron chi connectivity index (χ0n) is 20.3. The third-order valence-corrected chi connectivity index (χ3v) is 6.78. The lowest BCUT2D eigenvalue weighted by atomic mass is 9.96. The van der Waals surface area contributed by atoms with Gasteiger partial charge in [-0.25, -0.2) is 19.0 Å². The summed E-state index contributed by atoms with van der Waals surface area (Å²) in [5.41, 5.74) is 4.44. The average Bonchev–Trinajstić information content (AvgIpc) is 3.48. The first-order valence-corrected chi connectivity index (χ1v) is 12.1. The summed E-state index contributed by atoms with van der Waals surface area (Å²) in [7, 11) is 0. The van der Waals surface area contributed by atoms with Crippen LogP contribution in [0.15, 0.2) is 36.7 Å². The maximum absolute atomic E-state index is 13.5. The average molecular weight is 495 g/mol. The van der Waals surface area contributed by atoms with E-state index in [2.05, 4.69) is 15.1 Å². The summed E-state index contributed by atoms with van der Waals surface area (Å²) in [5.74, 6) is 0.918. The zero-order chi connectivity index (χ0) is 24.9. The molecule has 0 radical (unpaired) electrons. The van der Waals surface area contributed by atoms with Crippen molar-refractivity contribution in [3.8, 4) is 17.1 Å². The first-order valence-electron chi connectivity index (χ1n) is 11.7. The number of hydrogen-bond donors (Lipinski definition) is 1. The van der Waals surface area contributed by atoms with Crippen molar-refractivity contribution < 1.29 is 9.50 Å². The molecule has 9 heteroatoms. The molecule has 1 aliphatic rings. The Morgan fingerprint density at radius 3 is 2.46 bits per heavy atom. The van der Waals surface area contributed by atoms with Crippen molar-refractivity contribution in [2.24, 2.45) is 5.92 Å². The maximum atomic E-state index is 13.5. The third-order valence-electron chi connectivity index (χ3n) is 6.38. The number of aryl methyl sites for hydroxylation is 1. The van der Waals surface area contributed by atoms with E-state index in [4.69, 9.17) is 16.7 Å². The molecule has 0 unspecified atom stereocenters. The number of nitrogens with zero attached hydrogens (tertiary/aromatic N) is 6. The molecule has 182 valence electrons. The molecule has 0 amide bonds. The second-order valence-corrected chi connectivity index (χ2v) is 10.2. The van der Waals surface area contributed by atoms with Crippen LogP contribution in [0.5, 0.6) is 0 Å². The van der Waals surface area contributed by atoms with Crippen LogP contribution in [0.3, 0.4) is 0 Å². The molecule has 5 rings (SSSR count). The fourth-order valence-corrected chi connectivity index (χ4v) is 5.00. The second-order valence-electron chi connectivity index (χ2n) is 9.80. The molecule has 35 heavy (non-hydrogen) atoms. The Kier molecular flexibility index (Phi) is 5.97. The van der Waals surface area contributed by atoms with Crippen molar-refractivity contribution in [2.75, 3.05) is 0 Å². The summed E-state index contributed by atoms with van der Waals surface area (Å²) in [6, 6.07) is 8.20. The second kappa shape index (κ2) is 8.84. The number of aliphatic hydroxyl groups is 1. The molecule has 1 N–H and O–H groups in total. The quantitative estimate of drug-likeness (QED) is 0.383. The minimum Gasteiger partial charge on any atom is -0.386 e. The van der Waals surface area contributed by atoms with Crippen molar-refractivity contribution in [3.63, 3.8) is 0 Å². The van der Waals surface area contributed by atoms with E-state index in [1.54, 1.807) is 30.7 Å². The molecule has 1 fully saturated rings. The van der Waals surface area contributed by atoms with Crippen LogP contribution >= 0.6 is 11.6 Å². The summed E-state index contributed by atoms with van der Waals surface area (Å²) in [4.78, 5) is 8.86. The number of hydrogen-bond acceptors (Lipinski definition) is 5. The van der Waals surface area contributed by atoms with Crippen molar-refractivity contribution in [3.05, 3.63) is 75.8 Å². The van der Waals surface area contributed by atoms with Crippen molar-refractivity contribution in [2.45, 2.75) is 59.1 Å². The van der Waals surface area contributed by atoms with Gasteiger partial charge in [0.2, 0.25) is 0 Å². The summed E-state index contributed by atoms with van der Waals surface area (Å²) in [5, 5.41) is 20.5. The molecule has 7 nitrogen and oxygen atoms in total. The lowest BCUT2D eigenvalue weighted by molar-refractivity contribution is 0.0772. The van der Waals surface area contributed by atoms with Crippen LogP contribution in [0, 0.1) is 25.6 Å². The highest BCUT2D eigenvalue weighted by Gasteiger charge is 2.28. The van der Waals surface area contributed by atoms with Crippen LogP contribution in [0.2, 0.25) is 5.02 Å². The van der Waals surface area contributed by atoms with Crippen LogP contribution in [0.4, 0.5) is 4.39 Å². The van der Waals surface area contributed by atoms with Gasteiger partial charge in [0.05, 0.1) is 33.4 Å². The fourth-order valence-electron chi connectivity index (χ4n) is 4.68. The Morgan fingerprint density at radius 2 is 1.83 bits per heavy atom. The smallest absolute Gasteiger partial charge is 0.157 e. The lowest BCUT2D eigenvalue weighted by Gasteiger charge is -2.18. The molecule has 3 heterocycles. The van der Waals surface area contributed by atoms with Gasteiger partial charge in [-0.15, -0.1) is 0 Å². The predicted octanol–water partition coefficient (Wildman–Crippen LogP) is 5.16. The van der Waals surface area contributed by atoms with Gasteiger partial charge in [0, 0.05) is 35.9 Å². The van der Waals surface area contributed by atoms with Crippen LogP contribution in [-0.4, -0.2) is 34.6 Å². The largest absolute Gasteiger partial charge is 0.386 e. The van der Waals surface area contributed by atoms with Gasteiger partial charge < -0.3 is 5.11 Å². The highest BCUT2D eigenvalue weighted by atomic mass is 35.5. The minimum atomic E-state index is -1.01. The first kappa shape index (κ1) is 23.6. The molecule has 0 bridgehead atoms. The topological polar surface area (TPSA) is 81.7 Å². The molecule has 4 aromatic rings. The van der Waals surface area contributed by atoms with Crippen LogP contribution in [-0.2, 0) is 18.6 Å². The standard InChI is InChI=1S/C26H28ClFN6O/c1-15-23(26(3,4)35)16(2)34(31-15)22-12-20(29-14-30-22)11-21-24(27)25(18-7-9-19(28)10-8-18)33(32-21)13-17-5-6-17/h7-10,12,14,17,35H,5-6,11,13H2,1-4H3. The monoisotopic (exact) mass is 494 g/mol. The lowest BCUT2D eigenvalue weighted by Crippen LogP contribution is -2.18. The molecule has 0 aliphatic heterocycles. The van der Waals surface area contributed by atoms with E-state index >= 15 is 0 Å². The van der Waals surface area contributed by atoms with E-state index in [1.807, 2.05) is 24.6 Å². The minimum absolute atomic E-state index is 0.288. The van der Waals surface area contributed by atoms with Crippen molar-refractivity contribution in [1.29, 1.82) is 0 Å². The molecule has 0 saturated heterocycles. The number of benzene rings is 1. The van der Waals surface area contributed by atoms with Gasteiger partial charge in [0.15, 0.2) is 5.82 Å². The van der Waals surface area contributed by atoms with E-state index in [9.17, 15) is 9.50 Å². The van der Waals surface area contributed by atoms with Gasteiger partial charge >= 0.3 is 0 Å². The Bertz CT molecular complexity index is 1380. The fraction of sp³-hybridized carbons (Fsp3) is 0.385. The first-order chi connectivity index (χ1) is 16.6. The van der Waals surface area contributed by atoms with E-state index in [1.165, 1.54) is 31.3 Å². The van der Waals surface area contributed by atoms with Gasteiger partial charge in [-0.1, -0.05) is 11.6 Å². The molecule has 1 saturated carbocycles. The summed E-state index contributed by atoms with van der Waals surface area (Å²) < 4.78 is 17.2. The Balaban J connectivity index is 1.50. The molecule has 3 aromatic heterocycles. The zero-order valence-corrected chi connectivity index (χ0v) is 21.0. The van der Waals surface area contributed by atoms with Crippen LogP contribution < -0.4 is 0 Å². The summed E-state index contributed by atoms with van der Waals surface area (Å²) in [6.45, 7) is 8.08. The van der Waals surface area contributed by atoms with Gasteiger partial charge in [-0.3, -0.25) is 4.68 Å². The number of halogens is 2. The van der Waals surface area contributed by atoms with Gasteiger partial charge in [-0.2, -0.15) is 10.2 Å². The van der Waals surface area contributed by atoms with Crippen molar-refractivity contribution >= 4 is 11.6 Å². The Morgan fingerprint density at radius 1 is 1.11 bits per heavy atom. The van der Waals surface area contributed by atoms with Gasteiger partial charge in [0.1, 0.15) is 12.1 Å². The predicted molar refractivity (Wildman–Crippen MR) is 132 cm³/mol. The highest BCUT2D eigenvalue weighted by Crippen LogP contribution is 2.37. The molecular weight excluding hydrogens is 467 g/mol. The van der Waals surface area contributed by atoms with Gasteiger partial charge in [-0.05, 0) is 70.7 Å².